The zero-order valence-corrected chi connectivity index (χ0v) is 9.10. The van der Waals surface area contributed by atoms with Crippen LogP contribution in [0.3, 0.4) is 0 Å². The van der Waals surface area contributed by atoms with Crippen LogP contribution in [-0.4, -0.2) is 20.8 Å². The summed E-state index contributed by atoms with van der Waals surface area (Å²) in [6.45, 7) is 0.571. The fraction of sp³-hybridized carbons (Fsp3) is 0.400. The molecule has 0 saturated carbocycles. The third-order valence-corrected chi connectivity index (χ3v) is 2.27. The molecular weight excluding hydrogens is 202 g/mol. The largest absolute Gasteiger partial charge is 0.493 e. The van der Waals surface area contributed by atoms with Crippen molar-refractivity contribution in [3.05, 3.63) is 22.7 Å². The summed E-state index contributed by atoms with van der Waals surface area (Å²) in [6, 6.07) is 3.68. The highest BCUT2D eigenvalue weighted by atomic mass is 35.5. The van der Waals surface area contributed by atoms with Gasteiger partial charge in [0.1, 0.15) is 0 Å². The van der Waals surface area contributed by atoms with Crippen molar-refractivity contribution in [1.82, 2.24) is 0 Å². The third-order valence-electron chi connectivity index (χ3n) is 1.97. The lowest BCUT2D eigenvalue weighted by Gasteiger charge is -2.13. The first-order valence-corrected chi connectivity index (χ1v) is 4.71. The summed E-state index contributed by atoms with van der Waals surface area (Å²) < 4.78 is 10.4. The van der Waals surface area contributed by atoms with Crippen molar-refractivity contribution in [1.29, 1.82) is 0 Å². The van der Waals surface area contributed by atoms with Crippen LogP contribution in [0.25, 0.3) is 0 Å². The van der Waals surface area contributed by atoms with E-state index in [1.807, 2.05) is 6.07 Å². The first-order chi connectivity index (χ1) is 6.74. The van der Waals surface area contributed by atoms with E-state index < -0.39 is 0 Å². The van der Waals surface area contributed by atoms with Crippen molar-refractivity contribution in [2.24, 2.45) is 5.73 Å². The molecule has 0 amide bonds. The Balaban J connectivity index is 3.18. The predicted octanol–water partition coefficient (Wildman–Crippen LogP) is 1.86. The number of ether oxygens (including phenoxy) is 2. The Labute approximate surface area is 88.8 Å². The fourth-order valence-electron chi connectivity index (χ4n) is 1.35. The van der Waals surface area contributed by atoms with Crippen molar-refractivity contribution >= 4 is 11.6 Å². The van der Waals surface area contributed by atoms with Gasteiger partial charge in [-0.05, 0) is 24.6 Å². The van der Waals surface area contributed by atoms with Gasteiger partial charge >= 0.3 is 0 Å². The molecule has 0 saturated heterocycles. The summed E-state index contributed by atoms with van der Waals surface area (Å²) in [4.78, 5) is 0. The molecule has 4 heteroatoms. The second-order valence-corrected chi connectivity index (χ2v) is 3.22. The number of halogens is 1. The average molecular weight is 216 g/mol. The molecule has 2 N–H and O–H groups in total. The molecule has 1 aromatic rings. The number of benzene rings is 1. The summed E-state index contributed by atoms with van der Waals surface area (Å²) in [5, 5.41) is 0.546. The molecule has 0 aliphatic carbocycles. The highest BCUT2D eigenvalue weighted by molar-refractivity contribution is 6.32. The minimum absolute atomic E-state index is 0.546. The number of nitrogens with two attached hydrogens (primary N) is 1. The van der Waals surface area contributed by atoms with E-state index in [-0.39, 0.29) is 0 Å². The Morgan fingerprint density at radius 1 is 1.21 bits per heavy atom. The van der Waals surface area contributed by atoms with Gasteiger partial charge in [0.2, 0.25) is 0 Å². The van der Waals surface area contributed by atoms with Crippen LogP contribution < -0.4 is 15.2 Å². The standard InChI is InChI=1S/C10H14ClNO2/c1-13-9-7(5-6-12)3-4-8(11)10(9)14-2/h3-4H,5-6,12H2,1-2H3. The lowest BCUT2D eigenvalue weighted by atomic mass is 10.1. The van der Waals surface area contributed by atoms with Gasteiger partial charge in [-0.2, -0.15) is 0 Å². The van der Waals surface area contributed by atoms with Gasteiger partial charge in [-0.1, -0.05) is 17.7 Å². The Morgan fingerprint density at radius 3 is 2.36 bits per heavy atom. The van der Waals surface area contributed by atoms with Crippen LogP contribution in [0.2, 0.25) is 5.02 Å². The van der Waals surface area contributed by atoms with Crippen LogP contribution in [0.15, 0.2) is 12.1 Å². The van der Waals surface area contributed by atoms with Gasteiger partial charge < -0.3 is 15.2 Å². The van der Waals surface area contributed by atoms with Crippen molar-refractivity contribution in [2.75, 3.05) is 20.8 Å². The van der Waals surface area contributed by atoms with E-state index in [1.165, 1.54) is 0 Å². The molecule has 1 aromatic carbocycles. The van der Waals surface area contributed by atoms with E-state index in [1.54, 1.807) is 20.3 Å². The highest BCUT2D eigenvalue weighted by Gasteiger charge is 2.12. The van der Waals surface area contributed by atoms with Gasteiger partial charge in [-0.25, -0.2) is 0 Å². The van der Waals surface area contributed by atoms with E-state index in [0.717, 1.165) is 12.0 Å². The minimum atomic E-state index is 0.546. The fourth-order valence-corrected chi connectivity index (χ4v) is 1.57. The topological polar surface area (TPSA) is 44.5 Å². The first kappa shape index (κ1) is 11.1. The predicted molar refractivity (Wildman–Crippen MR) is 57.3 cm³/mol. The van der Waals surface area contributed by atoms with Crippen LogP contribution in [0.5, 0.6) is 11.5 Å². The number of hydrogen-bond donors (Lipinski definition) is 1. The van der Waals surface area contributed by atoms with Gasteiger partial charge in [0.25, 0.3) is 0 Å². The molecular formula is C10H14ClNO2. The maximum absolute atomic E-state index is 5.94. The summed E-state index contributed by atoms with van der Waals surface area (Å²) in [7, 11) is 3.16. The normalized spacial score (nSPS) is 10.0. The van der Waals surface area contributed by atoms with Gasteiger partial charge in [0.15, 0.2) is 11.5 Å². The van der Waals surface area contributed by atoms with Gasteiger partial charge in [0, 0.05) is 0 Å². The van der Waals surface area contributed by atoms with Crippen LogP contribution in [0.1, 0.15) is 5.56 Å². The molecule has 1 rings (SSSR count). The average Bonchev–Trinajstić information content (AvgIpc) is 2.20. The van der Waals surface area contributed by atoms with E-state index in [9.17, 15) is 0 Å². The van der Waals surface area contributed by atoms with Crippen molar-refractivity contribution in [2.45, 2.75) is 6.42 Å². The summed E-state index contributed by atoms with van der Waals surface area (Å²) in [5.41, 5.74) is 6.49. The maximum Gasteiger partial charge on any atom is 0.179 e. The molecule has 14 heavy (non-hydrogen) atoms. The Morgan fingerprint density at radius 2 is 1.86 bits per heavy atom. The lowest BCUT2D eigenvalue weighted by Crippen LogP contribution is -2.05. The summed E-state index contributed by atoms with van der Waals surface area (Å²) in [6.07, 6.45) is 0.747. The number of hydrogen-bond acceptors (Lipinski definition) is 3. The molecule has 0 aliphatic rings. The van der Waals surface area contributed by atoms with Crippen LogP contribution in [0.4, 0.5) is 0 Å². The quantitative estimate of drug-likeness (QED) is 0.834. The van der Waals surface area contributed by atoms with Crippen LogP contribution >= 0.6 is 11.6 Å². The molecule has 3 nitrogen and oxygen atoms in total. The zero-order valence-electron chi connectivity index (χ0n) is 8.34. The van der Waals surface area contributed by atoms with Crippen LogP contribution in [0, 0.1) is 0 Å². The monoisotopic (exact) mass is 215 g/mol. The summed E-state index contributed by atoms with van der Waals surface area (Å²) in [5.74, 6) is 1.24. The molecule has 0 fully saturated rings. The number of methoxy groups -OCH3 is 2. The Bertz CT molecular complexity index is 315. The van der Waals surface area contributed by atoms with E-state index in [0.29, 0.717) is 23.1 Å². The molecule has 0 unspecified atom stereocenters. The SMILES string of the molecule is COc1c(Cl)ccc(CCN)c1OC. The molecule has 0 aromatic heterocycles. The molecule has 0 aliphatic heterocycles. The Hall–Kier alpha value is -0.930. The second-order valence-electron chi connectivity index (χ2n) is 2.81. The van der Waals surface area contributed by atoms with Gasteiger partial charge in [0.05, 0.1) is 19.2 Å². The van der Waals surface area contributed by atoms with E-state index in [4.69, 9.17) is 26.8 Å². The molecule has 0 radical (unpaired) electrons. The van der Waals surface area contributed by atoms with Gasteiger partial charge in [-0.15, -0.1) is 0 Å². The lowest BCUT2D eigenvalue weighted by molar-refractivity contribution is 0.352. The van der Waals surface area contributed by atoms with E-state index in [2.05, 4.69) is 0 Å². The molecule has 0 bridgehead atoms. The highest BCUT2D eigenvalue weighted by Crippen LogP contribution is 2.37. The zero-order chi connectivity index (χ0) is 10.6. The molecule has 0 heterocycles. The molecule has 78 valence electrons. The molecule has 0 spiro atoms. The smallest absolute Gasteiger partial charge is 0.179 e. The first-order valence-electron chi connectivity index (χ1n) is 4.34. The van der Waals surface area contributed by atoms with Gasteiger partial charge in [-0.3, -0.25) is 0 Å². The van der Waals surface area contributed by atoms with Crippen molar-refractivity contribution in [3.63, 3.8) is 0 Å². The maximum atomic E-state index is 5.94. The van der Waals surface area contributed by atoms with Crippen molar-refractivity contribution in [3.8, 4) is 11.5 Å². The third kappa shape index (κ3) is 2.11. The second kappa shape index (κ2) is 5.08. The number of rotatable bonds is 4. The summed E-state index contributed by atoms with van der Waals surface area (Å²) >= 11 is 5.94. The van der Waals surface area contributed by atoms with Crippen molar-refractivity contribution < 1.29 is 9.47 Å². The molecule has 0 atom stereocenters. The minimum Gasteiger partial charge on any atom is -0.493 e. The van der Waals surface area contributed by atoms with Crippen LogP contribution in [-0.2, 0) is 6.42 Å². The Kier molecular flexibility index (Phi) is 4.04. The van der Waals surface area contributed by atoms with E-state index >= 15 is 0 Å².